The van der Waals surface area contributed by atoms with Crippen molar-refractivity contribution in [2.75, 3.05) is 12.8 Å². The Balaban J connectivity index is 2.57. The number of rotatable bonds is 3. The van der Waals surface area contributed by atoms with Crippen molar-refractivity contribution in [3.05, 3.63) is 39.6 Å². The van der Waals surface area contributed by atoms with Crippen LogP contribution < -0.4 is 5.73 Å². The second-order valence-corrected chi connectivity index (χ2v) is 3.95. The van der Waals surface area contributed by atoms with Crippen molar-refractivity contribution >= 4 is 17.5 Å². The quantitative estimate of drug-likeness (QED) is 0.500. The van der Waals surface area contributed by atoms with Crippen LogP contribution >= 0.6 is 0 Å². The number of nitrogens with zero attached hydrogens (tertiary/aromatic N) is 4. The van der Waals surface area contributed by atoms with Crippen LogP contribution in [0.25, 0.3) is 5.69 Å². The van der Waals surface area contributed by atoms with Gasteiger partial charge in [-0.15, -0.1) is 5.10 Å². The number of aromatic nitrogens is 3. The normalized spacial score (nSPS) is 10.3. The van der Waals surface area contributed by atoms with Crippen molar-refractivity contribution in [2.45, 2.75) is 6.92 Å². The number of carbonyl (C=O) groups excluding carboxylic acids is 1. The summed E-state index contributed by atoms with van der Waals surface area (Å²) in [4.78, 5) is 21.7. The largest absolute Gasteiger partial charge is 0.464 e. The van der Waals surface area contributed by atoms with Gasteiger partial charge in [0.1, 0.15) is 0 Å². The maximum atomic E-state index is 11.4. The average molecular weight is 277 g/mol. The third-order valence-electron chi connectivity index (χ3n) is 2.72. The number of ether oxygens (including phenoxy) is 1. The Hall–Kier alpha value is -2.97. The van der Waals surface area contributed by atoms with Crippen LogP contribution in [-0.2, 0) is 4.74 Å². The van der Waals surface area contributed by atoms with Gasteiger partial charge in [-0.2, -0.15) is 4.68 Å². The van der Waals surface area contributed by atoms with Crippen LogP contribution in [0, 0.1) is 17.0 Å². The van der Waals surface area contributed by atoms with Crippen LogP contribution in [-0.4, -0.2) is 33.0 Å². The fourth-order valence-electron chi connectivity index (χ4n) is 1.65. The number of methoxy groups -OCH3 is 1. The fraction of sp³-hybridized carbons (Fsp3) is 0.182. The zero-order valence-corrected chi connectivity index (χ0v) is 10.7. The molecule has 0 aliphatic rings. The first-order valence-corrected chi connectivity index (χ1v) is 5.50. The lowest BCUT2D eigenvalue weighted by Crippen LogP contribution is -2.08. The second kappa shape index (κ2) is 4.96. The van der Waals surface area contributed by atoms with Crippen molar-refractivity contribution < 1.29 is 14.5 Å². The predicted molar refractivity (Wildman–Crippen MR) is 68.5 cm³/mol. The number of nitro groups is 1. The molecule has 20 heavy (non-hydrogen) atoms. The van der Waals surface area contributed by atoms with Gasteiger partial charge < -0.3 is 10.5 Å². The predicted octanol–water partition coefficient (Wildman–Crippen LogP) is 0.853. The third kappa shape index (κ3) is 2.16. The molecular weight excluding hydrogens is 266 g/mol. The number of hydrogen-bond acceptors (Lipinski definition) is 7. The molecule has 0 saturated carbocycles. The van der Waals surface area contributed by atoms with E-state index in [9.17, 15) is 14.9 Å². The molecule has 0 amide bonds. The Morgan fingerprint density at radius 1 is 1.50 bits per heavy atom. The van der Waals surface area contributed by atoms with Crippen LogP contribution in [0.2, 0.25) is 0 Å². The number of benzene rings is 1. The van der Waals surface area contributed by atoms with Gasteiger partial charge in [0.2, 0.25) is 5.69 Å². The highest BCUT2D eigenvalue weighted by molar-refractivity contribution is 5.92. The van der Waals surface area contributed by atoms with Crippen LogP contribution in [0.5, 0.6) is 0 Å². The molecule has 9 nitrogen and oxygen atoms in total. The number of anilines is 1. The highest BCUT2D eigenvalue weighted by Crippen LogP contribution is 2.23. The maximum absolute atomic E-state index is 11.4. The van der Waals surface area contributed by atoms with E-state index < -0.39 is 10.9 Å². The second-order valence-electron chi connectivity index (χ2n) is 3.95. The van der Waals surface area contributed by atoms with Gasteiger partial charge in [0.05, 0.1) is 17.7 Å². The van der Waals surface area contributed by atoms with E-state index in [-0.39, 0.29) is 17.2 Å². The van der Waals surface area contributed by atoms with E-state index in [0.717, 1.165) is 4.68 Å². The summed E-state index contributed by atoms with van der Waals surface area (Å²) in [6.45, 7) is 1.73. The Bertz CT molecular complexity index is 694. The first kappa shape index (κ1) is 13.5. The summed E-state index contributed by atoms with van der Waals surface area (Å²) < 4.78 is 5.68. The summed E-state index contributed by atoms with van der Waals surface area (Å²) in [5, 5.41) is 18.2. The summed E-state index contributed by atoms with van der Waals surface area (Å²) in [5.74, 6) is -0.766. The van der Waals surface area contributed by atoms with Gasteiger partial charge in [-0.1, -0.05) is 11.3 Å². The molecule has 0 aliphatic carbocycles. The van der Waals surface area contributed by atoms with E-state index in [1.807, 2.05) is 0 Å². The minimum atomic E-state index is -0.725. The van der Waals surface area contributed by atoms with Crippen molar-refractivity contribution in [1.82, 2.24) is 15.0 Å². The molecule has 2 rings (SSSR count). The minimum Gasteiger partial charge on any atom is -0.464 e. The summed E-state index contributed by atoms with van der Waals surface area (Å²) in [6, 6.07) is 4.24. The molecule has 1 aromatic carbocycles. The molecule has 2 N–H and O–H groups in total. The molecule has 0 fully saturated rings. The van der Waals surface area contributed by atoms with Gasteiger partial charge in [0.15, 0.2) is 5.82 Å². The number of nitrogen functional groups attached to an aromatic ring is 1. The molecule has 0 spiro atoms. The van der Waals surface area contributed by atoms with E-state index in [0.29, 0.717) is 11.3 Å². The number of nitrogens with two attached hydrogens (primary N) is 1. The van der Waals surface area contributed by atoms with Gasteiger partial charge in [0, 0.05) is 12.1 Å². The Kier molecular flexibility index (Phi) is 3.34. The molecule has 0 atom stereocenters. The van der Waals surface area contributed by atoms with Crippen molar-refractivity contribution in [3.63, 3.8) is 0 Å². The molecule has 0 unspecified atom stereocenters. The smallest absolute Gasteiger partial charge is 0.362 e. The van der Waals surface area contributed by atoms with E-state index in [1.54, 1.807) is 13.0 Å². The summed E-state index contributed by atoms with van der Waals surface area (Å²) in [5.41, 5.74) is 6.60. The molecule has 1 heterocycles. The minimum absolute atomic E-state index is 0.0413. The molecule has 0 radical (unpaired) electrons. The molecule has 0 saturated heterocycles. The summed E-state index contributed by atoms with van der Waals surface area (Å²) in [6.07, 6.45) is 0. The fourth-order valence-corrected chi connectivity index (χ4v) is 1.65. The van der Waals surface area contributed by atoms with Gasteiger partial charge in [0.25, 0.3) is 5.69 Å². The zero-order chi connectivity index (χ0) is 14.9. The summed E-state index contributed by atoms with van der Waals surface area (Å²) in [7, 11) is 1.19. The zero-order valence-electron chi connectivity index (χ0n) is 10.7. The highest BCUT2D eigenvalue weighted by Gasteiger charge is 2.20. The van der Waals surface area contributed by atoms with Crippen LogP contribution in [0.4, 0.5) is 11.5 Å². The Morgan fingerprint density at radius 3 is 2.80 bits per heavy atom. The third-order valence-corrected chi connectivity index (χ3v) is 2.72. The monoisotopic (exact) mass is 277 g/mol. The van der Waals surface area contributed by atoms with Gasteiger partial charge >= 0.3 is 5.97 Å². The topological polar surface area (TPSA) is 126 Å². The van der Waals surface area contributed by atoms with E-state index >= 15 is 0 Å². The molecule has 0 bridgehead atoms. The van der Waals surface area contributed by atoms with Crippen molar-refractivity contribution in [1.29, 1.82) is 0 Å². The van der Waals surface area contributed by atoms with E-state index in [1.165, 1.54) is 19.2 Å². The number of carbonyl (C=O) groups is 1. The molecule has 9 heteroatoms. The average Bonchev–Trinajstić information content (AvgIpc) is 2.80. The lowest BCUT2D eigenvalue weighted by Gasteiger charge is -2.06. The summed E-state index contributed by atoms with van der Waals surface area (Å²) >= 11 is 0. The molecule has 0 aliphatic heterocycles. The first-order chi connectivity index (χ1) is 9.45. The standard InChI is InChI=1S/C11H11N5O4/c1-6-3-4-7(16(18)19)5-8(6)15-10(12)9(13-14-15)11(17)20-2/h3-5H,12H2,1-2H3. The van der Waals surface area contributed by atoms with Crippen LogP contribution in [0.15, 0.2) is 18.2 Å². The number of non-ortho nitro benzene ring substituents is 1. The highest BCUT2D eigenvalue weighted by atomic mass is 16.6. The Morgan fingerprint density at radius 2 is 2.20 bits per heavy atom. The number of aryl methyl sites for hydroxylation is 1. The molecule has 2 aromatic rings. The molecular formula is C11H11N5O4. The molecule has 1 aromatic heterocycles. The van der Waals surface area contributed by atoms with Gasteiger partial charge in [-0.05, 0) is 12.5 Å². The SMILES string of the molecule is COC(=O)c1nnn(-c2cc([N+](=O)[O-])ccc2C)c1N. The number of esters is 1. The van der Waals surface area contributed by atoms with Crippen molar-refractivity contribution in [2.24, 2.45) is 0 Å². The van der Waals surface area contributed by atoms with Crippen molar-refractivity contribution in [3.8, 4) is 5.69 Å². The Labute approximate surface area is 113 Å². The van der Waals surface area contributed by atoms with Gasteiger partial charge in [-0.3, -0.25) is 10.1 Å². The van der Waals surface area contributed by atoms with E-state index in [2.05, 4.69) is 15.0 Å². The van der Waals surface area contributed by atoms with Gasteiger partial charge in [-0.25, -0.2) is 4.79 Å². The number of hydrogen-bond donors (Lipinski definition) is 1. The molecule has 104 valence electrons. The lowest BCUT2D eigenvalue weighted by atomic mass is 10.2. The lowest BCUT2D eigenvalue weighted by molar-refractivity contribution is -0.384. The van der Waals surface area contributed by atoms with E-state index in [4.69, 9.17) is 5.73 Å². The van der Waals surface area contributed by atoms with Crippen LogP contribution in [0.1, 0.15) is 16.1 Å². The number of nitro benzene ring substituents is 1. The van der Waals surface area contributed by atoms with Crippen LogP contribution in [0.3, 0.4) is 0 Å². The maximum Gasteiger partial charge on any atom is 0.362 e. The first-order valence-electron chi connectivity index (χ1n) is 5.50.